The molecule has 0 rings (SSSR count). The number of alkyl halides is 1. The number of likely N-dealkylation sites (N-methyl/N-ethyl adjacent to an activating group) is 1. The smallest absolute Gasteiger partial charge is 0.224 e. The van der Waals surface area contributed by atoms with Crippen LogP contribution in [0, 0.1) is 5.92 Å². The predicted molar refractivity (Wildman–Crippen MR) is 85.6 cm³/mol. The van der Waals surface area contributed by atoms with Crippen molar-refractivity contribution in [3.05, 3.63) is 0 Å². The van der Waals surface area contributed by atoms with Gasteiger partial charge in [0.25, 0.3) is 0 Å². The molecule has 1 amide bonds. The molecule has 0 aliphatic rings. The Balaban J connectivity index is 3.29. The molecule has 0 aromatic rings. The van der Waals surface area contributed by atoms with Crippen molar-refractivity contribution >= 4 is 28.5 Å². The van der Waals surface area contributed by atoms with Gasteiger partial charge in [-0.05, 0) is 6.92 Å². The van der Waals surface area contributed by atoms with Gasteiger partial charge in [-0.3, -0.25) is 4.79 Å². The second-order valence-electron chi connectivity index (χ2n) is 4.71. The van der Waals surface area contributed by atoms with Gasteiger partial charge in [0.15, 0.2) is 0 Å². The third-order valence-corrected chi connectivity index (χ3v) is 2.93. The molecule has 1 N–H and O–H groups in total. The second kappa shape index (κ2) is 11.9. The van der Waals surface area contributed by atoms with E-state index < -0.39 is 0 Å². The number of ether oxygens (including phenoxy) is 2. The molecule has 5 nitrogen and oxygen atoms in total. The molecular weight excluding hydrogens is 359 g/mol. The predicted octanol–water partition coefficient (Wildman–Crippen LogP) is 1.50. The maximum atomic E-state index is 11.6. The summed E-state index contributed by atoms with van der Waals surface area (Å²) in [5.41, 5.74) is 0. The van der Waals surface area contributed by atoms with Crippen LogP contribution in [0.4, 0.5) is 0 Å². The average Bonchev–Trinajstić information content (AvgIpc) is 2.35. The molecule has 0 bridgehead atoms. The molecule has 19 heavy (non-hydrogen) atoms. The van der Waals surface area contributed by atoms with Crippen molar-refractivity contribution in [1.29, 1.82) is 0 Å². The summed E-state index contributed by atoms with van der Waals surface area (Å²) in [6.45, 7) is 9.81. The first-order valence-corrected chi connectivity index (χ1v) is 7.97. The van der Waals surface area contributed by atoms with Gasteiger partial charge < -0.3 is 19.7 Å². The van der Waals surface area contributed by atoms with Crippen LogP contribution in [-0.2, 0) is 14.3 Å². The van der Waals surface area contributed by atoms with Gasteiger partial charge in [0.2, 0.25) is 5.91 Å². The Morgan fingerprint density at radius 3 is 2.26 bits per heavy atom. The third kappa shape index (κ3) is 11.6. The highest BCUT2D eigenvalue weighted by atomic mass is 127. The molecular formula is C13H27IN2O3. The fourth-order valence-corrected chi connectivity index (χ4v) is 1.72. The van der Waals surface area contributed by atoms with Crippen molar-refractivity contribution < 1.29 is 14.3 Å². The lowest BCUT2D eigenvalue weighted by atomic mass is 10.2. The van der Waals surface area contributed by atoms with Crippen LogP contribution >= 0.6 is 22.6 Å². The van der Waals surface area contributed by atoms with Gasteiger partial charge in [-0.2, -0.15) is 0 Å². The minimum absolute atomic E-state index is 0.0427. The zero-order chi connectivity index (χ0) is 14.7. The Hall–Kier alpha value is 0.0800. The van der Waals surface area contributed by atoms with Gasteiger partial charge in [-0.25, -0.2) is 0 Å². The van der Waals surface area contributed by atoms with Crippen LogP contribution in [0.25, 0.3) is 0 Å². The molecule has 6 heteroatoms. The molecule has 0 spiro atoms. The molecule has 0 fully saturated rings. The first-order valence-electron chi connectivity index (χ1n) is 6.73. The molecule has 0 saturated heterocycles. The number of amides is 1. The quantitative estimate of drug-likeness (QED) is 0.253. The molecule has 0 aromatic carbocycles. The van der Waals surface area contributed by atoms with E-state index in [1.807, 2.05) is 13.8 Å². The maximum absolute atomic E-state index is 11.6. The zero-order valence-electron chi connectivity index (χ0n) is 12.4. The minimum Gasteiger partial charge on any atom is -0.378 e. The van der Waals surface area contributed by atoms with E-state index in [4.69, 9.17) is 9.47 Å². The van der Waals surface area contributed by atoms with Gasteiger partial charge in [0.1, 0.15) is 0 Å². The third-order valence-electron chi connectivity index (χ3n) is 2.49. The molecule has 1 unspecified atom stereocenters. The Kier molecular flexibility index (Phi) is 11.9. The summed E-state index contributed by atoms with van der Waals surface area (Å²) in [5.74, 6) is 0.194. The number of rotatable bonds is 11. The molecule has 0 aromatic heterocycles. The van der Waals surface area contributed by atoms with E-state index >= 15 is 0 Å². The topological polar surface area (TPSA) is 50.8 Å². The fourth-order valence-electron chi connectivity index (χ4n) is 1.40. The number of hydrogen-bond donors (Lipinski definition) is 1. The van der Waals surface area contributed by atoms with E-state index in [1.54, 1.807) is 11.9 Å². The normalized spacial score (nSPS) is 12.7. The van der Waals surface area contributed by atoms with E-state index in [2.05, 4.69) is 34.8 Å². The molecule has 0 aliphatic heterocycles. The lowest BCUT2D eigenvalue weighted by Gasteiger charge is -2.19. The van der Waals surface area contributed by atoms with E-state index in [9.17, 15) is 4.79 Å². The lowest BCUT2D eigenvalue weighted by Crippen LogP contribution is -2.33. The van der Waals surface area contributed by atoms with Crippen LogP contribution in [0.1, 0.15) is 20.8 Å². The number of nitrogens with zero attached hydrogens (tertiary/aromatic N) is 1. The van der Waals surface area contributed by atoms with E-state index in [0.29, 0.717) is 37.0 Å². The molecule has 0 radical (unpaired) electrons. The van der Waals surface area contributed by atoms with Gasteiger partial charge in [-0.1, -0.05) is 36.4 Å². The summed E-state index contributed by atoms with van der Waals surface area (Å²) in [4.78, 5) is 13.3. The number of hydrogen-bond acceptors (Lipinski definition) is 4. The largest absolute Gasteiger partial charge is 0.378 e. The highest BCUT2D eigenvalue weighted by molar-refractivity contribution is 14.1. The fraction of sp³-hybridized carbons (Fsp3) is 0.923. The van der Waals surface area contributed by atoms with Crippen LogP contribution in [0.2, 0.25) is 0 Å². The monoisotopic (exact) mass is 386 g/mol. The van der Waals surface area contributed by atoms with E-state index in [-0.39, 0.29) is 11.8 Å². The summed E-state index contributed by atoms with van der Waals surface area (Å²) < 4.78 is 11.3. The summed E-state index contributed by atoms with van der Waals surface area (Å²) in [6.07, 6.45) is 0. The Morgan fingerprint density at radius 1 is 1.16 bits per heavy atom. The molecule has 114 valence electrons. The van der Waals surface area contributed by atoms with Crippen LogP contribution in [0.15, 0.2) is 0 Å². The van der Waals surface area contributed by atoms with Crippen molar-refractivity contribution in [2.45, 2.75) is 24.8 Å². The number of nitrogens with one attached hydrogen (secondary N) is 1. The van der Waals surface area contributed by atoms with Crippen molar-refractivity contribution in [3.8, 4) is 0 Å². The first-order chi connectivity index (χ1) is 8.95. The minimum atomic E-state index is 0.0427. The SMILES string of the molecule is CC(I)NCCOCCOCCN(C)C(=O)C(C)C. The molecule has 0 saturated carbocycles. The molecule has 1 atom stereocenters. The highest BCUT2D eigenvalue weighted by Crippen LogP contribution is 1.98. The average molecular weight is 386 g/mol. The zero-order valence-corrected chi connectivity index (χ0v) is 14.6. The van der Waals surface area contributed by atoms with Crippen molar-refractivity contribution in [2.24, 2.45) is 5.92 Å². The Bertz CT molecular complexity index is 238. The summed E-state index contributed by atoms with van der Waals surface area (Å²) in [6, 6.07) is 0. The van der Waals surface area contributed by atoms with Crippen LogP contribution in [0.5, 0.6) is 0 Å². The number of carbonyl (C=O) groups excluding carboxylic acids is 1. The van der Waals surface area contributed by atoms with Gasteiger partial charge >= 0.3 is 0 Å². The Labute approximate surface area is 130 Å². The van der Waals surface area contributed by atoms with Crippen molar-refractivity contribution in [1.82, 2.24) is 10.2 Å². The van der Waals surface area contributed by atoms with Crippen molar-refractivity contribution in [3.63, 3.8) is 0 Å². The summed E-state index contributed by atoms with van der Waals surface area (Å²) >= 11 is 2.31. The lowest BCUT2D eigenvalue weighted by molar-refractivity contribution is -0.133. The molecule has 0 aliphatic carbocycles. The summed E-state index contributed by atoms with van der Waals surface area (Å²) in [7, 11) is 1.80. The van der Waals surface area contributed by atoms with E-state index in [1.165, 1.54) is 0 Å². The standard InChI is InChI=1S/C13H27IN2O3/c1-11(2)13(17)16(4)6-8-19-10-9-18-7-5-15-12(3)14/h11-12,15H,5-10H2,1-4H3. The van der Waals surface area contributed by atoms with Gasteiger partial charge in [0.05, 0.1) is 30.5 Å². The van der Waals surface area contributed by atoms with Crippen molar-refractivity contribution in [2.75, 3.05) is 46.6 Å². The van der Waals surface area contributed by atoms with Crippen LogP contribution in [-0.4, -0.2) is 61.4 Å². The first kappa shape index (κ1) is 19.1. The number of halogens is 1. The van der Waals surface area contributed by atoms with Gasteiger partial charge in [0, 0.05) is 26.1 Å². The van der Waals surface area contributed by atoms with Gasteiger partial charge in [-0.15, -0.1) is 0 Å². The van der Waals surface area contributed by atoms with E-state index in [0.717, 1.165) is 6.54 Å². The number of carbonyl (C=O) groups is 1. The van der Waals surface area contributed by atoms with Crippen LogP contribution in [0.3, 0.4) is 0 Å². The summed E-state index contributed by atoms with van der Waals surface area (Å²) in [5, 5.41) is 3.26. The maximum Gasteiger partial charge on any atom is 0.224 e. The highest BCUT2D eigenvalue weighted by Gasteiger charge is 2.11. The second-order valence-corrected chi connectivity index (χ2v) is 6.58. The molecule has 0 heterocycles. The van der Waals surface area contributed by atoms with Crippen LogP contribution < -0.4 is 5.32 Å². The Morgan fingerprint density at radius 2 is 1.74 bits per heavy atom.